The van der Waals surface area contributed by atoms with Gasteiger partial charge in [0.15, 0.2) is 0 Å². The summed E-state index contributed by atoms with van der Waals surface area (Å²) in [5.74, 6) is -4.86. The largest absolute Gasteiger partial charge is 0.393 e. The third kappa shape index (κ3) is 1.32. The molecule has 2 saturated heterocycles. The van der Waals surface area contributed by atoms with Gasteiger partial charge >= 0.3 is 23.9 Å². The molecule has 6 heteroatoms. The Bertz CT molecular complexity index is 719. The maximum atomic E-state index is 12.5. The van der Waals surface area contributed by atoms with Crippen LogP contribution in [-0.4, -0.2) is 23.9 Å². The molecule has 0 aromatic heterocycles. The van der Waals surface area contributed by atoms with Crippen LogP contribution in [0, 0.1) is 40.9 Å². The van der Waals surface area contributed by atoms with E-state index >= 15 is 0 Å². The fourth-order valence-electron chi connectivity index (χ4n) is 6.57. The summed E-state index contributed by atoms with van der Waals surface area (Å²) in [6, 6.07) is 0. The molecular formula is C18H18O6. The lowest BCUT2D eigenvalue weighted by molar-refractivity contribution is -0.157. The molecule has 0 amide bonds. The minimum atomic E-state index is -0.779. The monoisotopic (exact) mass is 330 g/mol. The molecule has 0 aromatic carbocycles. The standard InChI is InChI=1S/C18H18O6/c1-6-3-4-8-7(2)9-10-12(16(21)23-14(10)19)18(8,5-6)13-11(9)15(20)24-17(13)22/h6,9-13H,3-5H2,1-2H3/t6-,9?,10-,11+,12-,13-,18?/m0/s1. The van der Waals surface area contributed by atoms with E-state index < -0.39 is 58.9 Å². The number of carbonyl (C=O) groups excluding carboxylic acids is 4. The highest BCUT2D eigenvalue weighted by Crippen LogP contribution is 2.71. The van der Waals surface area contributed by atoms with Gasteiger partial charge in [-0.2, -0.15) is 0 Å². The number of carbonyl (C=O) groups is 4. The molecule has 1 spiro atoms. The lowest BCUT2D eigenvalue weighted by Gasteiger charge is -2.59. The molecule has 2 unspecified atom stereocenters. The Hall–Kier alpha value is -1.98. The van der Waals surface area contributed by atoms with Crippen molar-refractivity contribution in [1.82, 2.24) is 0 Å². The zero-order chi connectivity index (χ0) is 17.0. The van der Waals surface area contributed by atoms with Crippen LogP contribution < -0.4 is 0 Å². The van der Waals surface area contributed by atoms with Crippen LogP contribution in [0.15, 0.2) is 11.1 Å². The highest BCUT2D eigenvalue weighted by atomic mass is 16.6. The summed E-state index contributed by atoms with van der Waals surface area (Å²) in [4.78, 5) is 49.9. The van der Waals surface area contributed by atoms with E-state index in [0.717, 1.165) is 24.0 Å². The van der Waals surface area contributed by atoms with Gasteiger partial charge in [0.25, 0.3) is 0 Å². The van der Waals surface area contributed by atoms with Crippen LogP contribution in [-0.2, 0) is 28.7 Å². The Balaban J connectivity index is 1.83. The first-order chi connectivity index (χ1) is 11.4. The van der Waals surface area contributed by atoms with Gasteiger partial charge in [-0.25, -0.2) is 0 Å². The quantitative estimate of drug-likeness (QED) is 0.379. The van der Waals surface area contributed by atoms with Crippen molar-refractivity contribution in [2.75, 3.05) is 0 Å². The average Bonchev–Trinajstić information content (AvgIpc) is 2.98. The molecule has 0 N–H and O–H groups in total. The molecular weight excluding hydrogens is 312 g/mol. The third-order valence-electron chi connectivity index (χ3n) is 7.17. The van der Waals surface area contributed by atoms with Gasteiger partial charge in [0.05, 0.1) is 23.7 Å². The van der Waals surface area contributed by atoms with Gasteiger partial charge in [-0.05, 0) is 32.1 Å². The molecule has 2 bridgehead atoms. The van der Waals surface area contributed by atoms with E-state index in [1.54, 1.807) is 0 Å². The molecule has 6 nitrogen and oxygen atoms in total. The zero-order valence-corrected chi connectivity index (χ0v) is 13.5. The SMILES string of the molecule is CC1=C2CC[C@H](C)CC23[C@@H]2C(=O)OC(=O)[C@@H]2C1[C@@H]1C(=O)OC(=O)[C@H]13. The van der Waals surface area contributed by atoms with Gasteiger partial charge < -0.3 is 9.47 Å². The van der Waals surface area contributed by atoms with Gasteiger partial charge in [0.2, 0.25) is 0 Å². The second-order valence-electron chi connectivity index (χ2n) is 8.06. The number of hydrogen-bond donors (Lipinski definition) is 0. The summed E-state index contributed by atoms with van der Waals surface area (Å²) in [7, 11) is 0. The van der Waals surface area contributed by atoms with Crippen LogP contribution in [0.5, 0.6) is 0 Å². The summed E-state index contributed by atoms with van der Waals surface area (Å²) in [5.41, 5.74) is 1.33. The van der Waals surface area contributed by atoms with Crippen LogP contribution in [0.3, 0.4) is 0 Å². The smallest absolute Gasteiger partial charge is 0.318 e. The predicted octanol–water partition coefficient (Wildman–Crippen LogP) is 1.38. The number of esters is 4. The molecule has 24 heavy (non-hydrogen) atoms. The normalized spacial score (nSPS) is 48.9. The van der Waals surface area contributed by atoms with Gasteiger partial charge in [-0.15, -0.1) is 0 Å². The average molecular weight is 330 g/mol. The number of hydrogen-bond acceptors (Lipinski definition) is 6. The highest BCUT2D eigenvalue weighted by molar-refractivity contribution is 6.04. The molecule has 4 aliphatic carbocycles. The maximum Gasteiger partial charge on any atom is 0.318 e. The van der Waals surface area contributed by atoms with Crippen molar-refractivity contribution in [2.45, 2.75) is 33.1 Å². The Morgan fingerprint density at radius 1 is 0.875 bits per heavy atom. The molecule has 6 rings (SSSR count). The molecule has 2 saturated carbocycles. The van der Waals surface area contributed by atoms with E-state index in [2.05, 4.69) is 6.92 Å². The lowest BCUT2D eigenvalue weighted by atomic mass is 9.39. The Labute approximate surface area is 138 Å². The molecule has 6 aliphatic rings. The number of allylic oxidation sites excluding steroid dienone is 2. The number of ether oxygens (including phenoxy) is 2. The summed E-state index contributed by atoms with van der Waals surface area (Å²) in [6.45, 7) is 4.04. The summed E-state index contributed by atoms with van der Waals surface area (Å²) in [5, 5.41) is 0. The molecule has 126 valence electrons. The Morgan fingerprint density at radius 3 is 1.96 bits per heavy atom. The topological polar surface area (TPSA) is 86.7 Å². The van der Waals surface area contributed by atoms with Crippen molar-refractivity contribution in [3.63, 3.8) is 0 Å². The maximum absolute atomic E-state index is 12.5. The van der Waals surface area contributed by atoms with Gasteiger partial charge in [-0.3, -0.25) is 19.2 Å². The van der Waals surface area contributed by atoms with Gasteiger partial charge in [0.1, 0.15) is 0 Å². The third-order valence-corrected chi connectivity index (χ3v) is 7.17. The first-order valence-corrected chi connectivity index (χ1v) is 8.59. The van der Waals surface area contributed by atoms with Crippen LogP contribution >= 0.6 is 0 Å². The molecule has 0 radical (unpaired) electrons. The number of cyclic esters (lactones) is 4. The van der Waals surface area contributed by atoms with Crippen molar-refractivity contribution in [3.05, 3.63) is 11.1 Å². The van der Waals surface area contributed by atoms with E-state index in [1.807, 2.05) is 6.92 Å². The van der Waals surface area contributed by atoms with Crippen molar-refractivity contribution < 1.29 is 28.7 Å². The van der Waals surface area contributed by atoms with Gasteiger partial charge in [-0.1, -0.05) is 18.1 Å². The molecule has 4 fully saturated rings. The fourth-order valence-corrected chi connectivity index (χ4v) is 6.57. The van der Waals surface area contributed by atoms with E-state index in [9.17, 15) is 19.2 Å². The summed E-state index contributed by atoms with van der Waals surface area (Å²) in [6.07, 6.45) is 2.42. The van der Waals surface area contributed by atoms with Gasteiger partial charge in [0, 0.05) is 11.3 Å². The zero-order valence-electron chi connectivity index (χ0n) is 13.5. The minimum Gasteiger partial charge on any atom is -0.393 e. The van der Waals surface area contributed by atoms with Crippen LogP contribution in [0.1, 0.15) is 33.1 Å². The summed E-state index contributed by atoms with van der Waals surface area (Å²) >= 11 is 0. The fraction of sp³-hybridized carbons (Fsp3) is 0.667. The first-order valence-electron chi connectivity index (χ1n) is 8.59. The first kappa shape index (κ1) is 14.4. The van der Waals surface area contributed by atoms with Crippen molar-refractivity contribution in [3.8, 4) is 0 Å². The second-order valence-corrected chi connectivity index (χ2v) is 8.06. The van der Waals surface area contributed by atoms with Crippen molar-refractivity contribution in [2.24, 2.45) is 40.9 Å². The predicted molar refractivity (Wildman–Crippen MR) is 77.8 cm³/mol. The van der Waals surface area contributed by atoms with E-state index in [-0.39, 0.29) is 0 Å². The molecule has 0 aromatic rings. The van der Waals surface area contributed by atoms with E-state index in [1.165, 1.54) is 0 Å². The van der Waals surface area contributed by atoms with Crippen LogP contribution in [0.25, 0.3) is 0 Å². The highest BCUT2D eigenvalue weighted by Gasteiger charge is 2.77. The van der Waals surface area contributed by atoms with Crippen molar-refractivity contribution >= 4 is 23.9 Å². The Kier molecular flexibility index (Phi) is 2.49. The molecule has 2 heterocycles. The second kappa shape index (κ2) is 4.16. The van der Waals surface area contributed by atoms with Crippen molar-refractivity contribution in [1.29, 1.82) is 0 Å². The van der Waals surface area contributed by atoms with E-state index in [0.29, 0.717) is 12.3 Å². The Morgan fingerprint density at radius 2 is 1.42 bits per heavy atom. The lowest BCUT2D eigenvalue weighted by Crippen LogP contribution is -2.62. The summed E-state index contributed by atoms with van der Waals surface area (Å²) < 4.78 is 9.97. The van der Waals surface area contributed by atoms with E-state index in [4.69, 9.17) is 9.47 Å². The van der Waals surface area contributed by atoms with Crippen LogP contribution in [0.2, 0.25) is 0 Å². The molecule has 2 aliphatic heterocycles. The number of rotatable bonds is 0. The molecule has 7 atom stereocenters. The van der Waals surface area contributed by atoms with Crippen LogP contribution in [0.4, 0.5) is 0 Å². The minimum absolute atomic E-state index is 0.310.